The van der Waals surface area contributed by atoms with Gasteiger partial charge >= 0.3 is 5.97 Å². The van der Waals surface area contributed by atoms with Crippen LogP contribution in [0.5, 0.6) is 0 Å². The van der Waals surface area contributed by atoms with Crippen LogP contribution < -0.4 is 0 Å². The lowest BCUT2D eigenvalue weighted by Crippen LogP contribution is -2.33. The highest BCUT2D eigenvalue weighted by molar-refractivity contribution is 9.11. The van der Waals surface area contributed by atoms with Gasteiger partial charge in [0.25, 0.3) is 0 Å². The minimum Gasteiger partial charge on any atom is -0.477 e. The summed E-state index contributed by atoms with van der Waals surface area (Å²) in [6, 6.07) is 3.02. The van der Waals surface area contributed by atoms with Gasteiger partial charge in [-0.3, -0.25) is 0 Å². The van der Waals surface area contributed by atoms with E-state index in [4.69, 9.17) is 10.4 Å². The number of nitriles is 1. The summed E-state index contributed by atoms with van der Waals surface area (Å²) >= 11 is 3.98. The van der Waals surface area contributed by atoms with Crippen molar-refractivity contribution in [1.82, 2.24) is 4.31 Å². The van der Waals surface area contributed by atoms with E-state index in [-0.39, 0.29) is 32.6 Å². The van der Waals surface area contributed by atoms with Gasteiger partial charge in [-0.15, -0.1) is 11.3 Å². The van der Waals surface area contributed by atoms with Crippen LogP contribution in [0.4, 0.5) is 0 Å². The molecule has 1 heterocycles. The molecule has 1 aromatic rings. The molecule has 1 aromatic heterocycles. The Bertz CT molecular complexity index is 673. The summed E-state index contributed by atoms with van der Waals surface area (Å²) in [4.78, 5) is 10.8. The van der Waals surface area contributed by atoms with Crippen LogP contribution in [0.15, 0.2) is 14.7 Å². The molecule has 0 bridgehead atoms. The molecule has 2 rings (SSSR count). The first-order valence-corrected chi connectivity index (χ1v) is 8.84. The average molecular weight is 379 g/mol. The average Bonchev–Trinajstić information content (AvgIpc) is 3.10. The second kappa shape index (κ2) is 5.81. The van der Waals surface area contributed by atoms with Gasteiger partial charge in [-0.05, 0) is 34.8 Å². The summed E-state index contributed by atoms with van der Waals surface area (Å²) < 4.78 is 26.7. The predicted octanol–water partition coefficient (Wildman–Crippen LogP) is 2.28. The van der Waals surface area contributed by atoms with Crippen LogP contribution in [0.25, 0.3) is 0 Å². The normalized spacial score (nSPS) is 15.2. The van der Waals surface area contributed by atoms with Gasteiger partial charge in [0.15, 0.2) is 0 Å². The standard InChI is InChI=1S/C11H11BrN2O4S2/c12-10-9(6-8(19-10)11(15)16)20(17,18)14(5-1-4-13)7-2-3-7/h6-7H,1-3,5H2,(H,15,16). The van der Waals surface area contributed by atoms with Crippen LogP contribution >= 0.6 is 27.3 Å². The Hall–Kier alpha value is -0.950. The van der Waals surface area contributed by atoms with Crippen molar-refractivity contribution in [2.24, 2.45) is 0 Å². The number of carbonyl (C=O) groups is 1. The van der Waals surface area contributed by atoms with Crippen LogP contribution in [-0.2, 0) is 10.0 Å². The summed E-state index contributed by atoms with van der Waals surface area (Å²) in [6.07, 6.45) is 1.67. The van der Waals surface area contributed by atoms with Crippen LogP contribution in [0.1, 0.15) is 28.9 Å². The third-order valence-corrected chi connectivity index (χ3v) is 7.04. The lowest BCUT2D eigenvalue weighted by molar-refractivity contribution is 0.0702. The molecule has 0 aromatic carbocycles. The number of sulfonamides is 1. The molecule has 108 valence electrons. The zero-order chi connectivity index (χ0) is 14.9. The Balaban J connectivity index is 2.37. The molecule has 1 aliphatic rings. The van der Waals surface area contributed by atoms with Gasteiger partial charge in [-0.25, -0.2) is 13.2 Å². The van der Waals surface area contributed by atoms with E-state index in [0.29, 0.717) is 0 Å². The number of carboxylic acids is 1. The molecule has 20 heavy (non-hydrogen) atoms. The SMILES string of the molecule is N#CCCN(C1CC1)S(=O)(=O)c1cc(C(=O)O)sc1Br. The van der Waals surface area contributed by atoms with Crippen LogP contribution in [0.3, 0.4) is 0 Å². The molecular formula is C11H11BrN2O4S2. The maximum atomic E-state index is 12.6. The van der Waals surface area contributed by atoms with Crippen molar-refractivity contribution in [3.05, 3.63) is 14.7 Å². The van der Waals surface area contributed by atoms with Crippen LogP contribution in [0, 0.1) is 11.3 Å². The largest absolute Gasteiger partial charge is 0.477 e. The minimum atomic E-state index is -3.77. The van der Waals surface area contributed by atoms with Gasteiger partial charge in [0.05, 0.1) is 9.86 Å². The number of aromatic carboxylic acids is 1. The van der Waals surface area contributed by atoms with Crippen molar-refractivity contribution in [3.63, 3.8) is 0 Å². The molecular weight excluding hydrogens is 368 g/mol. The lowest BCUT2D eigenvalue weighted by Gasteiger charge is -2.20. The number of hydrogen-bond acceptors (Lipinski definition) is 5. The number of nitrogens with zero attached hydrogens (tertiary/aromatic N) is 2. The molecule has 0 unspecified atom stereocenters. The van der Waals surface area contributed by atoms with Gasteiger partial charge < -0.3 is 5.11 Å². The van der Waals surface area contributed by atoms with E-state index in [9.17, 15) is 13.2 Å². The summed E-state index contributed by atoms with van der Waals surface area (Å²) in [7, 11) is -3.77. The summed E-state index contributed by atoms with van der Waals surface area (Å²) in [6.45, 7) is 0.133. The van der Waals surface area contributed by atoms with E-state index in [2.05, 4.69) is 15.9 Å². The number of carboxylic acid groups (broad SMARTS) is 1. The third-order valence-electron chi connectivity index (χ3n) is 2.85. The van der Waals surface area contributed by atoms with Crippen molar-refractivity contribution < 1.29 is 18.3 Å². The lowest BCUT2D eigenvalue weighted by atomic mass is 10.4. The fraction of sp³-hybridized carbons (Fsp3) is 0.455. The Kier molecular flexibility index (Phi) is 4.49. The van der Waals surface area contributed by atoms with Crippen molar-refractivity contribution in [3.8, 4) is 6.07 Å². The first-order chi connectivity index (χ1) is 9.37. The van der Waals surface area contributed by atoms with E-state index in [1.165, 1.54) is 4.31 Å². The number of thiophene rings is 1. The highest BCUT2D eigenvalue weighted by Gasteiger charge is 2.39. The van der Waals surface area contributed by atoms with Crippen LogP contribution in [0.2, 0.25) is 0 Å². The summed E-state index contributed by atoms with van der Waals surface area (Å²) in [5.74, 6) is -1.16. The molecule has 1 saturated carbocycles. The quantitative estimate of drug-likeness (QED) is 0.818. The predicted molar refractivity (Wildman–Crippen MR) is 76.1 cm³/mol. The Morgan fingerprint density at radius 1 is 1.60 bits per heavy atom. The fourth-order valence-corrected chi connectivity index (χ4v) is 5.82. The number of hydrogen-bond donors (Lipinski definition) is 1. The molecule has 1 aliphatic carbocycles. The van der Waals surface area contributed by atoms with Gasteiger partial charge in [-0.2, -0.15) is 9.57 Å². The highest BCUT2D eigenvalue weighted by atomic mass is 79.9. The summed E-state index contributed by atoms with van der Waals surface area (Å²) in [5, 5.41) is 17.6. The minimum absolute atomic E-state index is 0.0357. The second-order valence-corrected chi connectivity index (χ2v) is 8.54. The monoisotopic (exact) mass is 378 g/mol. The second-order valence-electron chi connectivity index (χ2n) is 4.31. The first kappa shape index (κ1) is 15.4. The maximum Gasteiger partial charge on any atom is 0.345 e. The zero-order valence-corrected chi connectivity index (χ0v) is 13.5. The molecule has 0 amide bonds. The Morgan fingerprint density at radius 2 is 2.25 bits per heavy atom. The van der Waals surface area contributed by atoms with Crippen molar-refractivity contribution >= 4 is 43.3 Å². The van der Waals surface area contributed by atoms with Crippen molar-refractivity contribution in [1.29, 1.82) is 5.26 Å². The van der Waals surface area contributed by atoms with Gasteiger partial charge in [0.1, 0.15) is 9.77 Å². The van der Waals surface area contributed by atoms with E-state index in [1.54, 1.807) is 0 Å². The molecule has 1 N–H and O–H groups in total. The maximum absolute atomic E-state index is 12.6. The van der Waals surface area contributed by atoms with Gasteiger partial charge in [-0.1, -0.05) is 0 Å². The molecule has 0 aliphatic heterocycles. The Morgan fingerprint density at radius 3 is 2.70 bits per heavy atom. The first-order valence-electron chi connectivity index (χ1n) is 5.79. The molecule has 9 heteroatoms. The van der Waals surface area contributed by atoms with Gasteiger partial charge in [0, 0.05) is 19.0 Å². The number of halogens is 1. The highest BCUT2D eigenvalue weighted by Crippen LogP contribution is 2.38. The van der Waals surface area contributed by atoms with E-state index < -0.39 is 16.0 Å². The van der Waals surface area contributed by atoms with E-state index in [0.717, 1.165) is 30.2 Å². The fourth-order valence-electron chi connectivity index (χ4n) is 1.78. The van der Waals surface area contributed by atoms with Gasteiger partial charge in [0.2, 0.25) is 10.0 Å². The Labute approximate surface area is 128 Å². The van der Waals surface area contributed by atoms with E-state index >= 15 is 0 Å². The van der Waals surface area contributed by atoms with Crippen molar-refractivity contribution in [2.45, 2.75) is 30.2 Å². The summed E-state index contributed by atoms with van der Waals surface area (Å²) in [5.41, 5.74) is 0. The zero-order valence-electron chi connectivity index (χ0n) is 10.2. The molecule has 1 fully saturated rings. The molecule has 0 saturated heterocycles. The van der Waals surface area contributed by atoms with Crippen LogP contribution in [-0.4, -0.2) is 36.4 Å². The van der Waals surface area contributed by atoms with E-state index in [1.807, 2.05) is 6.07 Å². The number of rotatable bonds is 6. The third kappa shape index (κ3) is 3.03. The topological polar surface area (TPSA) is 98.5 Å². The van der Waals surface area contributed by atoms with Crippen molar-refractivity contribution in [2.75, 3.05) is 6.54 Å². The molecule has 0 spiro atoms. The molecule has 6 nitrogen and oxygen atoms in total. The molecule has 0 atom stereocenters. The molecule has 0 radical (unpaired) electrons. The smallest absolute Gasteiger partial charge is 0.345 e.